The first-order valence-electron chi connectivity index (χ1n) is 7.24. The fourth-order valence-corrected chi connectivity index (χ4v) is 2.48. The summed E-state index contributed by atoms with van der Waals surface area (Å²) in [6.45, 7) is 8.14. The van der Waals surface area contributed by atoms with Crippen LogP contribution in [-0.2, 0) is 12.8 Å². The predicted molar refractivity (Wildman–Crippen MR) is 75.1 cm³/mol. The molecule has 100 valence electrons. The van der Waals surface area contributed by atoms with Crippen LogP contribution in [0.5, 0.6) is 0 Å². The summed E-state index contributed by atoms with van der Waals surface area (Å²) in [6.07, 6.45) is 6.92. The van der Waals surface area contributed by atoms with E-state index in [0.29, 0.717) is 0 Å². The largest absolute Gasteiger partial charge is 0.338 e. The van der Waals surface area contributed by atoms with Crippen LogP contribution in [0.15, 0.2) is 6.20 Å². The summed E-state index contributed by atoms with van der Waals surface area (Å²) in [5, 5.41) is 3.35. The van der Waals surface area contributed by atoms with Gasteiger partial charge in [-0.25, -0.2) is 9.97 Å². The van der Waals surface area contributed by atoms with Gasteiger partial charge in [0.2, 0.25) is 5.95 Å². The van der Waals surface area contributed by atoms with E-state index >= 15 is 0 Å². The van der Waals surface area contributed by atoms with E-state index in [1.807, 2.05) is 20.0 Å². The second kappa shape index (κ2) is 6.69. The van der Waals surface area contributed by atoms with E-state index in [9.17, 15) is 0 Å². The molecule has 3 rings (SSSR count). The molecule has 0 spiro atoms. The van der Waals surface area contributed by atoms with Gasteiger partial charge < -0.3 is 10.2 Å². The monoisotopic (exact) mass is 248 g/mol. The number of anilines is 1. The van der Waals surface area contributed by atoms with Crippen LogP contribution in [0, 0.1) is 0 Å². The zero-order valence-corrected chi connectivity index (χ0v) is 11.6. The highest BCUT2D eigenvalue weighted by molar-refractivity contribution is 5.34. The number of hydrogen-bond donors (Lipinski definition) is 1. The van der Waals surface area contributed by atoms with Crippen LogP contribution in [0.1, 0.15) is 37.9 Å². The molecule has 1 aromatic rings. The number of fused-ring (bicyclic) bond motifs is 1. The van der Waals surface area contributed by atoms with Crippen LogP contribution < -0.4 is 10.2 Å². The molecule has 4 heteroatoms. The Bertz CT molecular complexity index is 372. The number of hydrogen-bond acceptors (Lipinski definition) is 4. The Labute approximate surface area is 110 Å². The van der Waals surface area contributed by atoms with Crippen LogP contribution in [0.4, 0.5) is 5.95 Å². The highest BCUT2D eigenvalue weighted by atomic mass is 15.3. The number of nitrogens with zero attached hydrogens (tertiary/aromatic N) is 3. The lowest BCUT2D eigenvalue weighted by atomic mass is 9.98. The van der Waals surface area contributed by atoms with Crippen LogP contribution in [0.3, 0.4) is 0 Å². The smallest absolute Gasteiger partial charge is 0.225 e. The third-order valence-electron chi connectivity index (χ3n) is 3.45. The molecule has 1 saturated heterocycles. The van der Waals surface area contributed by atoms with Crippen LogP contribution in [-0.4, -0.2) is 36.1 Å². The molecule has 2 aliphatic rings. The number of aryl methyl sites for hydroxylation is 2. The molecule has 0 saturated carbocycles. The first-order chi connectivity index (χ1) is 8.93. The molecule has 18 heavy (non-hydrogen) atoms. The van der Waals surface area contributed by atoms with Crippen molar-refractivity contribution in [2.24, 2.45) is 0 Å². The first kappa shape index (κ1) is 13.3. The molecule has 1 aromatic heterocycles. The lowest BCUT2D eigenvalue weighted by molar-refractivity contribution is 0.575. The lowest BCUT2D eigenvalue weighted by Gasteiger charge is -2.28. The van der Waals surface area contributed by atoms with Gasteiger partial charge in [-0.15, -0.1) is 0 Å². The molecule has 0 atom stereocenters. The maximum atomic E-state index is 4.72. The zero-order valence-electron chi connectivity index (χ0n) is 11.6. The van der Waals surface area contributed by atoms with E-state index < -0.39 is 0 Å². The molecule has 0 radical (unpaired) electrons. The van der Waals surface area contributed by atoms with Gasteiger partial charge in [0.15, 0.2) is 0 Å². The normalized spacial score (nSPS) is 18.7. The Morgan fingerprint density at radius 3 is 2.61 bits per heavy atom. The van der Waals surface area contributed by atoms with Crippen molar-refractivity contribution in [1.82, 2.24) is 15.3 Å². The van der Waals surface area contributed by atoms with Crippen molar-refractivity contribution in [3.05, 3.63) is 17.5 Å². The number of aromatic nitrogens is 2. The molecule has 0 aromatic carbocycles. The van der Waals surface area contributed by atoms with Gasteiger partial charge in [-0.05, 0) is 31.2 Å². The summed E-state index contributed by atoms with van der Waals surface area (Å²) in [7, 11) is 0. The number of nitrogens with one attached hydrogen (secondary N) is 1. The summed E-state index contributed by atoms with van der Waals surface area (Å²) < 4.78 is 0. The Kier molecular flexibility index (Phi) is 4.93. The minimum absolute atomic E-state index is 0.933. The van der Waals surface area contributed by atoms with Crippen molar-refractivity contribution in [3.8, 4) is 0 Å². The summed E-state index contributed by atoms with van der Waals surface area (Å²) in [6, 6.07) is 0. The third kappa shape index (κ3) is 2.99. The van der Waals surface area contributed by atoms with E-state index in [0.717, 1.165) is 45.0 Å². The Balaban J connectivity index is 0.000000574. The van der Waals surface area contributed by atoms with E-state index in [2.05, 4.69) is 15.2 Å². The maximum Gasteiger partial charge on any atom is 0.225 e. The van der Waals surface area contributed by atoms with Gasteiger partial charge in [-0.2, -0.15) is 0 Å². The average molecular weight is 248 g/mol. The second-order valence-corrected chi connectivity index (χ2v) is 4.59. The van der Waals surface area contributed by atoms with Crippen molar-refractivity contribution in [2.75, 3.05) is 31.1 Å². The van der Waals surface area contributed by atoms with E-state index in [4.69, 9.17) is 4.98 Å². The molecule has 1 aliphatic heterocycles. The summed E-state index contributed by atoms with van der Waals surface area (Å²) in [4.78, 5) is 11.5. The summed E-state index contributed by atoms with van der Waals surface area (Å²) >= 11 is 0. The molecule has 2 heterocycles. The lowest BCUT2D eigenvalue weighted by Crippen LogP contribution is -2.44. The predicted octanol–water partition coefficient (Wildman–Crippen LogP) is 1.79. The number of rotatable bonds is 1. The molecule has 4 nitrogen and oxygen atoms in total. The average Bonchev–Trinajstić information content (AvgIpc) is 2.50. The molecule has 1 fully saturated rings. The minimum Gasteiger partial charge on any atom is -0.338 e. The molecule has 0 bridgehead atoms. The fourth-order valence-electron chi connectivity index (χ4n) is 2.48. The fraction of sp³-hybridized carbons (Fsp3) is 0.714. The van der Waals surface area contributed by atoms with Gasteiger partial charge in [0.1, 0.15) is 0 Å². The van der Waals surface area contributed by atoms with Crippen LogP contribution in [0.25, 0.3) is 0 Å². The third-order valence-corrected chi connectivity index (χ3v) is 3.45. The van der Waals surface area contributed by atoms with Crippen LogP contribution >= 0.6 is 0 Å². The van der Waals surface area contributed by atoms with E-state index in [-0.39, 0.29) is 0 Å². The topological polar surface area (TPSA) is 41.1 Å². The van der Waals surface area contributed by atoms with Gasteiger partial charge in [0, 0.05) is 38.1 Å². The summed E-state index contributed by atoms with van der Waals surface area (Å²) in [5.74, 6) is 0.933. The maximum absolute atomic E-state index is 4.72. The van der Waals surface area contributed by atoms with Gasteiger partial charge in [0.25, 0.3) is 0 Å². The SMILES string of the molecule is CC.c1nc(N2CCNCC2)nc2c1CCCC2. The van der Waals surface area contributed by atoms with Crippen molar-refractivity contribution in [1.29, 1.82) is 0 Å². The van der Waals surface area contributed by atoms with Crippen molar-refractivity contribution in [2.45, 2.75) is 39.5 Å². The molecule has 1 aliphatic carbocycles. The highest BCUT2D eigenvalue weighted by Crippen LogP contribution is 2.20. The molecule has 0 amide bonds. The number of piperazine rings is 1. The first-order valence-corrected chi connectivity index (χ1v) is 7.24. The van der Waals surface area contributed by atoms with E-state index in [1.165, 1.54) is 24.1 Å². The second-order valence-electron chi connectivity index (χ2n) is 4.59. The molecular formula is C14H24N4. The van der Waals surface area contributed by atoms with Gasteiger partial charge in [0.05, 0.1) is 0 Å². The standard InChI is InChI=1S/C12H18N4.C2H6/c1-2-4-11-10(3-1)9-14-12(15-11)16-7-5-13-6-8-16;1-2/h9,13H,1-8H2;1-2H3. The molecular weight excluding hydrogens is 224 g/mol. The Hall–Kier alpha value is -1.16. The molecule has 1 N–H and O–H groups in total. The van der Waals surface area contributed by atoms with Crippen molar-refractivity contribution in [3.63, 3.8) is 0 Å². The van der Waals surface area contributed by atoms with Gasteiger partial charge in [-0.1, -0.05) is 13.8 Å². The zero-order chi connectivity index (χ0) is 12.8. The van der Waals surface area contributed by atoms with Gasteiger partial charge in [-0.3, -0.25) is 0 Å². The Morgan fingerprint density at radius 1 is 1.11 bits per heavy atom. The quantitative estimate of drug-likeness (QED) is 0.822. The van der Waals surface area contributed by atoms with Crippen molar-refractivity contribution >= 4 is 5.95 Å². The molecule has 0 unspecified atom stereocenters. The van der Waals surface area contributed by atoms with Crippen LogP contribution in [0.2, 0.25) is 0 Å². The summed E-state index contributed by atoms with van der Waals surface area (Å²) in [5.41, 5.74) is 2.65. The highest BCUT2D eigenvalue weighted by Gasteiger charge is 2.16. The minimum atomic E-state index is 0.933. The van der Waals surface area contributed by atoms with Gasteiger partial charge >= 0.3 is 0 Å². The Morgan fingerprint density at radius 2 is 1.83 bits per heavy atom. The van der Waals surface area contributed by atoms with Crippen molar-refractivity contribution < 1.29 is 0 Å². The van der Waals surface area contributed by atoms with E-state index in [1.54, 1.807) is 0 Å².